The zero-order chi connectivity index (χ0) is 28.8. The number of methoxy groups -OCH3 is 1. The number of aliphatic hydroxyl groups is 1. The van der Waals surface area contributed by atoms with Crippen molar-refractivity contribution in [3.05, 3.63) is 125 Å². The van der Waals surface area contributed by atoms with Crippen molar-refractivity contribution in [3.8, 4) is 17.2 Å². The van der Waals surface area contributed by atoms with Gasteiger partial charge in [-0.2, -0.15) is 0 Å². The maximum Gasteiger partial charge on any atom is 0.295 e. The number of ketones is 1. The Morgan fingerprint density at radius 2 is 1.66 bits per heavy atom. The maximum atomic E-state index is 13.5. The van der Waals surface area contributed by atoms with Gasteiger partial charge in [-0.3, -0.25) is 14.6 Å². The molecule has 208 valence electrons. The lowest BCUT2D eigenvalue weighted by atomic mass is 9.94. The summed E-state index contributed by atoms with van der Waals surface area (Å²) in [5.41, 5.74) is 2.73. The number of carbonyl (C=O) groups excluding carboxylic acids is 2. The number of hydrogen-bond acceptors (Lipinski definition) is 7. The second kappa shape index (κ2) is 12.4. The highest BCUT2D eigenvalue weighted by molar-refractivity contribution is 6.46. The third-order valence-corrected chi connectivity index (χ3v) is 6.80. The SMILES string of the molecule is CCOc1cccc(C(O)=C2C(=O)C(=O)N(Cc3ccncc3)C2c2ccc(OCc3ccccc3)c(OC)c2)c1. The lowest BCUT2D eigenvalue weighted by Crippen LogP contribution is -2.29. The van der Waals surface area contributed by atoms with Gasteiger partial charge in [0.05, 0.1) is 25.3 Å². The molecule has 0 spiro atoms. The second-order valence-electron chi connectivity index (χ2n) is 9.43. The van der Waals surface area contributed by atoms with E-state index in [2.05, 4.69) is 4.98 Å². The van der Waals surface area contributed by atoms with E-state index in [9.17, 15) is 14.7 Å². The molecule has 8 heteroatoms. The molecule has 1 fully saturated rings. The van der Waals surface area contributed by atoms with Gasteiger partial charge in [0.15, 0.2) is 11.5 Å². The normalized spacial score (nSPS) is 16.0. The van der Waals surface area contributed by atoms with E-state index in [4.69, 9.17) is 14.2 Å². The molecule has 1 aromatic heterocycles. The molecular weight excluding hydrogens is 520 g/mol. The first-order valence-corrected chi connectivity index (χ1v) is 13.2. The lowest BCUT2D eigenvalue weighted by molar-refractivity contribution is -0.140. The average molecular weight is 551 g/mol. The second-order valence-corrected chi connectivity index (χ2v) is 9.43. The van der Waals surface area contributed by atoms with E-state index in [1.54, 1.807) is 67.0 Å². The summed E-state index contributed by atoms with van der Waals surface area (Å²) in [5, 5.41) is 11.5. The van der Waals surface area contributed by atoms with E-state index >= 15 is 0 Å². The van der Waals surface area contributed by atoms with E-state index < -0.39 is 17.7 Å². The highest BCUT2D eigenvalue weighted by atomic mass is 16.5. The van der Waals surface area contributed by atoms with Gasteiger partial charge in [0, 0.05) is 24.5 Å². The molecule has 0 aliphatic carbocycles. The molecule has 0 saturated carbocycles. The van der Waals surface area contributed by atoms with Crippen LogP contribution in [0.3, 0.4) is 0 Å². The van der Waals surface area contributed by atoms with Gasteiger partial charge in [0.1, 0.15) is 18.1 Å². The number of hydrogen-bond donors (Lipinski definition) is 1. The molecule has 0 bridgehead atoms. The Hall–Kier alpha value is -5.11. The van der Waals surface area contributed by atoms with Crippen LogP contribution in [-0.4, -0.2) is 40.4 Å². The van der Waals surface area contributed by atoms with Crippen molar-refractivity contribution in [2.24, 2.45) is 0 Å². The molecule has 41 heavy (non-hydrogen) atoms. The summed E-state index contributed by atoms with van der Waals surface area (Å²) in [7, 11) is 1.53. The van der Waals surface area contributed by atoms with Crippen LogP contribution in [0.1, 0.15) is 35.2 Å². The number of benzene rings is 3. The van der Waals surface area contributed by atoms with Gasteiger partial charge in [-0.05, 0) is 60.0 Å². The lowest BCUT2D eigenvalue weighted by Gasteiger charge is -2.26. The summed E-state index contributed by atoms with van der Waals surface area (Å²) in [5.74, 6) is -0.275. The fraction of sp³-hybridized carbons (Fsp3) is 0.182. The van der Waals surface area contributed by atoms with Crippen molar-refractivity contribution in [1.82, 2.24) is 9.88 Å². The predicted molar refractivity (Wildman–Crippen MR) is 153 cm³/mol. The molecule has 1 saturated heterocycles. The molecule has 4 aromatic rings. The first-order chi connectivity index (χ1) is 20.0. The van der Waals surface area contributed by atoms with Crippen molar-refractivity contribution >= 4 is 17.4 Å². The summed E-state index contributed by atoms with van der Waals surface area (Å²) in [4.78, 5) is 32.4. The van der Waals surface area contributed by atoms with Crippen LogP contribution in [0.15, 0.2) is 103 Å². The minimum atomic E-state index is -0.879. The Labute approximate surface area is 238 Å². The van der Waals surface area contributed by atoms with Crippen molar-refractivity contribution in [1.29, 1.82) is 0 Å². The zero-order valence-corrected chi connectivity index (χ0v) is 22.8. The van der Waals surface area contributed by atoms with E-state index in [-0.39, 0.29) is 17.9 Å². The third-order valence-electron chi connectivity index (χ3n) is 6.80. The number of ether oxygens (including phenoxy) is 3. The van der Waals surface area contributed by atoms with E-state index in [1.807, 2.05) is 37.3 Å². The summed E-state index contributed by atoms with van der Waals surface area (Å²) in [6.07, 6.45) is 3.25. The summed E-state index contributed by atoms with van der Waals surface area (Å²) in [6, 6.07) is 24.5. The Morgan fingerprint density at radius 3 is 2.39 bits per heavy atom. The van der Waals surface area contributed by atoms with Crippen LogP contribution >= 0.6 is 0 Å². The average Bonchev–Trinajstić information content (AvgIpc) is 3.26. The Balaban J connectivity index is 1.58. The molecule has 1 aliphatic heterocycles. The number of nitrogens with zero attached hydrogens (tertiary/aromatic N) is 2. The topological polar surface area (TPSA) is 98.2 Å². The molecular formula is C33H30N2O6. The number of Topliss-reactive ketones (excluding diaryl/α,β-unsaturated/α-hetero) is 1. The maximum absolute atomic E-state index is 13.5. The van der Waals surface area contributed by atoms with Crippen LogP contribution in [0.5, 0.6) is 17.2 Å². The quantitative estimate of drug-likeness (QED) is 0.154. The van der Waals surface area contributed by atoms with Crippen LogP contribution in [0, 0.1) is 0 Å². The monoisotopic (exact) mass is 550 g/mol. The standard InChI is InChI=1S/C33H30N2O6/c1-3-40-26-11-7-10-25(18-26)31(36)29-30(35(33(38)32(29)37)20-22-14-16-34-17-15-22)24-12-13-27(28(19-24)39-2)41-21-23-8-5-4-6-9-23/h4-19,30,36H,3,20-21H2,1-2H3. The molecule has 1 amide bonds. The highest BCUT2D eigenvalue weighted by Gasteiger charge is 2.46. The van der Waals surface area contributed by atoms with E-state index in [1.165, 1.54) is 12.0 Å². The van der Waals surface area contributed by atoms with Crippen molar-refractivity contribution < 1.29 is 28.9 Å². The first kappa shape index (κ1) is 27.5. The van der Waals surface area contributed by atoms with Crippen molar-refractivity contribution in [2.75, 3.05) is 13.7 Å². The van der Waals surface area contributed by atoms with Crippen LogP contribution in [0.2, 0.25) is 0 Å². The minimum absolute atomic E-state index is 0.0160. The van der Waals surface area contributed by atoms with Crippen LogP contribution in [-0.2, 0) is 22.7 Å². The first-order valence-electron chi connectivity index (χ1n) is 13.2. The molecule has 3 aromatic carbocycles. The number of aliphatic hydroxyl groups excluding tert-OH is 1. The Morgan fingerprint density at radius 1 is 0.878 bits per heavy atom. The summed E-state index contributed by atoms with van der Waals surface area (Å²) in [6.45, 7) is 2.78. The number of pyridine rings is 1. The predicted octanol–water partition coefficient (Wildman–Crippen LogP) is 5.69. The van der Waals surface area contributed by atoms with Crippen LogP contribution in [0.25, 0.3) is 5.76 Å². The molecule has 0 radical (unpaired) electrons. The van der Waals surface area contributed by atoms with E-state index in [0.717, 1.165) is 11.1 Å². The number of amides is 1. The molecule has 1 aliphatic rings. The number of carbonyl (C=O) groups is 2. The molecule has 5 rings (SSSR count). The smallest absolute Gasteiger partial charge is 0.295 e. The fourth-order valence-electron chi connectivity index (χ4n) is 4.84. The Bertz CT molecular complexity index is 1570. The molecule has 1 atom stereocenters. The van der Waals surface area contributed by atoms with Gasteiger partial charge in [-0.1, -0.05) is 48.5 Å². The fourth-order valence-corrected chi connectivity index (χ4v) is 4.84. The number of rotatable bonds is 10. The number of aromatic nitrogens is 1. The summed E-state index contributed by atoms with van der Waals surface area (Å²) < 4.78 is 17.3. The summed E-state index contributed by atoms with van der Waals surface area (Å²) >= 11 is 0. The van der Waals surface area contributed by atoms with Crippen LogP contribution in [0.4, 0.5) is 0 Å². The molecule has 8 nitrogen and oxygen atoms in total. The zero-order valence-electron chi connectivity index (χ0n) is 22.8. The van der Waals surface area contributed by atoms with Gasteiger partial charge in [-0.25, -0.2) is 0 Å². The van der Waals surface area contributed by atoms with Gasteiger partial charge < -0.3 is 24.2 Å². The Kier molecular flexibility index (Phi) is 8.29. The van der Waals surface area contributed by atoms with Crippen molar-refractivity contribution in [3.63, 3.8) is 0 Å². The number of likely N-dealkylation sites (tertiary alicyclic amines) is 1. The van der Waals surface area contributed by atoms with Gasteiger partial charge in [-0.15, -0.1) is 0 Å². The van der Waals surface area contributed by atoms with Gasteiger partial charge in [0.2, 0.25) is 0 Å². The van der Waals surface area contributed by atoms with Crippen molar-refractivity contribution in [2.45, 2.75) is 26.1 Å². The molecule has 2 heterocycles. The minimum Gasteiger partial charge on any atom is -0.507 e. The van der Waals surface area contributed by atoms with E-state index in [0.29, 0.717) is 41.6 Å². The highest BCUT2D eigenvalue weighted by Crippen LogP contribution is 2.43. The van der Waals surface area contributed by atoms with Gasteiger partial charge >= 0.3 is 0 Å². The molecule has 1 N–H and O–H groups in total. The third kappa shape index (κ3) is 5.91. The largest absolute Gasteiger partial charge is 0.507 e. The molecule has 1 unspecified atom stereocenters. The van der Waals surface area contributed by atoms with Crippen LogP contribution < -0.4 is 14.2 Å². The van der Waals surface area contributed by atoms with Gasteiger partial charge in [0.25, 0.3) is 11.7 Å².